The van der Waals surface area contributed by atoms with E-state index < -0.39 is 0 Å². The van der Waals surface area contributed by atoms with Crippen LogP contribution in [0.15, 0.2) is 41.9 Å². The molecule has 0 aromatic carbocycles. The van der Waals surface area contributed by atoms with Crippen LogP contribution in [0.2, 0.25) is 0 Å². The molecule has 2 aliphatic rings. The minimum Gasteiger partial charge on any atom is -0.219 e. The molecule has 0 saturated heterocycles. The molecule has 2 nitrogen and oxygen atoms in total. The quantitative estimate of drug-likeness (QED) is 0.656. The van der Waals surface area contributed by atoms with E-state index in [0.717, 1.165) is 0 Å². The summed E-state index contributed by atoms with van der Waals surface area (Å²) in [6.45, 7) is 2.19. The molecule has 1 atom stereocenters. The largest absolute Gasteiger partial charge is 0.256 e. The van der Waals surface area contributed by atoms with Gasteiger partial charge in [0, 0.05) is 11.8 Å². The summed E-state index contributed by atoms with van der Waals surface area (Å²) in [5.74, 6) is 0. The van der Waals surface area contributed by atoms with Crippen molar-refractivity contribution in [2.75, 3.05) is 6.26 Å². The molecule has 1 aromatic heterocycles. The van der Waals surface area contributed by atoms with Crippen LogP contribution in [0.4, 0.5) is 0 Å². The van der Waals surface area contributed by atoms with Gasteiger partial charge in [0.05, 0.1) is 11.9 Å². The Morgan fingerprint density at radius 3 is 3.13 bits per heavy atom. The molecule has 0 fully saturated rings. The van der Waals surface area contributed by atoms with E-state index in [4.69, 9.17) is 0 Å². The standard InChI is InChI=1S/C12H13N2S/c1-9-6-10-7-13(15-2)8-14(10)12-5-3-4-11(9)12/h3-8,12H,1-2H3/q+1/t12-/m0/s1. The summed E-state index contributed by atoms with van der Waals surface area (Å²) in [5, 5.41) is 0. The summed E-state index contributed by atoms with van der Waals surface area (Å²) in [6.07, 6.45) is 15.3. The zero-order valence-corrected chi connectivity index (χ0v) is 9.66. The maximum absolute atomic E-state index is 2.32. The topological polar surface area (TPSA) is 8.81 Å². The van der Waals surface area contributed by atoms with Crippen LogP contribution >= 0.6 is 11.9 Å². The fraction of sp³-hybridized carbons (Fsp3) is 0.250. The van der Waals surface area contributed by atoms with Crippen LogP contribution in [0.5, 0.6) is 0 Å². The molecule has 0 saturated carbocycles. The Bertz CT molecular complexity index is 506. The van der Waals surface area contributed by atoms with Gasteiger partial charge in [0.25, 0.3) is 6.33 Å². The number of fused-ring (bicyclic) bond motifs is 3. The molecule has 0 spiro atoms. The number of allylic oxidation sites excluding steroid dienone is 5. The fourth-order valence-corrected chi connectivity index (χ4v) is 2.65. The predicted octanol–water partition coefficient (Wildman–Crippen LogP) is 2.36. The van der Waals surface area contributed by atoms with E-state index >= 15 is 0 Å². The number of nitrogens with zero attached hydrogens (tertiary/aromatic N) is 2. The first kappa shape index (κ1) is 9.04. The zero-order chi connectivity index (χ0) is 10.4. The third-order valence-electron chi connectivity index (χ3n) is 3.01. The summed E-state index contributed by atoms with van der Waals surface area (Å²) < 4.78 is 4.47. The molecule has 76 valence electrons. The molecule has 0 radical (unpaired) electrons. The molecule has 1 aliphatic carbocycles. The van der Waals surface area contributed by atoms with Gasteiger partial charge in [0.15, 0.2) is 5.69 Å². The average Bonchev–Trinajstić information content (AvgIpc) is 2.80. The van der Waals surface area contributed by atoms with Crippen LogP contribution in [0.1, 0.15) is 18.7 Å². The van der Waals surface area contributed by atoms with Crippen molar-refractivity contribution < 1.29 is 3.97 Å². The van der Waals surface area contributed by atoms with Crippen LogP contribution in [0.25, 0.3) is 6.08 Å². The molecule has 1 aromatic rings. The van der Waals surface area contributed by atoms with Crippen molar-refractivity contribution in [3.63, 3.8) is 0 Å². The van der Waals surface area contributed by atoms with Gasteiger partial charge in [-0.05, 0) is 24.6 Å². The maximum Gasteiger partial charge on any atom is 0.256 e. The monoisotopic (exact) mass is 217 g/mol. The van der Waals surface area contributed by atoms with Gasteiger partial charge in [-0.15, -0.1) is 0 Å². The third kappa shape index (κ3) is 1.23. The van der Waals surface area contributed by atoms with Crippen molar-refractivity contribution in [3.05, 3.63) is 47.6 Å². The van der Waals surface area contributed by atoms with E-state index in [9.17, 15) is 0 Å². The second kappa shape index (κ2) is 3.14. The Hall–Kier alpha value is -1.22. The summed E-state index contributed by atoms with van der Waals surface area (Å²) in [4.78, 5) is 0. The lowest BCUT2D eigenvalue weighted by molar-refractivity contribution is -0.493. The van der Waals surface area contributed by atoms with Gasteiger partial charge in [-0.2, -0.15) is 3.97 Å². The molecular weight excluding hydrogens is 204 g/mol. The van der Waals surface area contributed by atoms with E-state index in [2.05, 4.69) is 58.5 Å². The zero-order valence-electron chi connectivity index (χ0n) is 8.84. The highest BCUT2D eigenvalue weighted by atomic mass is 32.2. The fourth-order valence-electron chi connectivity index (χ4n) is 2.24. The number of hydrogen-bond donors (Lipinski definition) is 0. The summed E-state index contributed by atoms with van der Waals surface area (Å²) in [7, 11) is 0. The van der Waals surface area contributed by atoms with Crippen LogP contribution in [0, 0.1) is 0 Å². The smallest absolute Gasteiger partial charge is 0.219 e. The third-order valence-corrected chi connectivity index (χ3v) is 3.64. The van der Waals surface area contributed by atoms with Crippen molar-refractivity contribution in [1.29, 1.82) is 0 Å². The maximum atomic E-state index is 2.32. The van der Waals surface area contributed by atoms with Crippen molar-refractivity contribution >= 4 is 18.0 Å². The molecular formula is C12H13N2S+. The molecule has 15 heavy (non-hydrogen) atoms. The predicted molar refractivity (Wildman–Crippen MR) is 63.5 cm³/mol. The van der Waals surface area contributed by atoms with Gasteiger partial charge in [0.2, 0.25) is 0 Å². The molecule has 1 aliphatic heterocycles. The first-order valence-corrected chi connectivity index (χ1v) is 6.22. The Morgan fingerprint density at radius 2 is 2.33 bits per heavy atom. The Labute approximate surface area is 93.7 Å². The van der Waals surface area contributed by atoms with Crippen LogP contribution < -0.4 is 3.97 Å². The Balaban J connectivity index is 2.19. The van der Waals surface area contributed by atoms with Crippen molar-refractivity contribution in [2.24, 2.45) is 0 Å². The van der Waals surface area contributed by atoms with Gasteiger partial charge in [-0.25, -0.2) is 4.57 Å². The Morgan fingerprint density at radius 1 is 1.47 bits per heavy atom. The molecule has 0 unspecified atom stereocenters. The van der Waals surface area contributed by atoms with Gasteiger partial charge < -0.3 is 0 Å². The number of aromatic nitrogens is 2. The lowest BCUT2D eigenvalue weighted by Crippen LogP contribution is -2.21. The minimum atomic E-state index is 0.415. The number of imidazole rings is 1. The van der Waals surface area contributed by atoms with Gasteiger partial charge >= 0.3 is 0 Å². The Kier molecular flexibility index (Phi) is 1.89. The highest BCUT2D eigenvalue weighted by molar-refractivity contribution is 7.92. The SMILES string of the molecule is CS[n+]1cc2n(c1)[C@H]1C=CC=C1C(C)=C2. The van der Waals surface area contributed by atoms with E-state index in [1.165, 1.54) is 16.8 Å². The molecule has 0 bridgehead atoms. The molecule has 3 heteroatoms. The number of rotatable bonds is 1. The van der Waals surface area contributed by atoms with E-state index in [0.29, 0.717) is 6.04 Å². The second-order valence-electron chi connectivity index (χ2n) is 3.90. The molecule has 3 rings (SSSR count). The van der Waals surface area contributed by atoms with Crippen molar-refractivity contribution in [1.82, 2.24) is 4.57 Å². The summed E-state index contributed by atoms with van der Waals surface area (Å²) in [6, 6.07) is 0.415. The van der Waals surface area contributed by atoms with E-state index in [1.54, 1.807) is 11.9 Å². The van der Waals surface area contributed by atoms with Gasteiger partial charge in [-0.3, -0.25) is 0 Å². The minimum absolute atomic E-state index is 0.415. The lowest BCUT2D eigenvalue weighted by atomic mass is 9.98. The summed E-state index contributed by atoms with van der Waals surface area (Å²) in [5.41, 5.74) is 4.09. The van der Waals surface area contributed by atoms with Crippen LogP contribution in [0.3, 0.4) is 0 Å². The molecule has 2 heterocycles. The molecule has 0 N–H and O–H groups in total. The van der Waals surface area contributed by atoms with Crippen molar-refractivity contribution in [2.45, 2.75) is 13.0 Å². The van der Waals surface area contributed by atoms with Gasteiger partial charge in [0.1, 0.15) is 12.2 Å². The average molecular weight is 217 g/mol. The van der Waals surface area contributed by atoms with Crippen molar-refractivity contribution in [3.8, 4) is 0 Å². The van der Waals surface area contributed by atoms with Crippen LogP contribution in [-0.4, -0.2) is 10.8 Å². The highest BCUT2D eigenvalue weighted by Crippen LogP contribution is 2.36. The van der Waals surface area contributed by atoms with E-state index in [1.807, 2.05) is 0 Å². The second-order valence-corrected chi connectivity index (χ2v) is 4.69. The first-order chi connectivity index (χ1) is 7.29. The lowest BCUT2D eigenvalue weighted by Gasteiger charge is -2.17. The van der Waals surface area contributed by atoms with Crippen LogP contribution in [-0.2, 0) is 0 Å². The summed E-state index contributed by atoms with van der Waals surface area (Å²) >= 11 is 1.72. The normalized spacial score (nSPS) is 22.1. The van der Waals surface area contributed by atoms with E-state index in [-0.39, 0.29) is 0 Å². The van der Waals surface area contributed by atoms with Gasteiger partial charge in [-0.1, -0.05) is 12.2 Å². The highest BCUT2D eigenvalue weighted by Gasteiger charge is 2.29. The first-order valence-electron chi connectivity index (χ1n) is 5.04. The molecule has 0 amide bonds. The number of hydrogen-bond acceptors (Lipinski definition) is 1.